The van der Waals surface area contributed by atoms with Crippen LogP contribution in [-0.4, -0.2) is 34.8 Å². The highest BCUT2D eigenvalue weighted by Crippen LogP contribution is 2.19. The summed E-state index contributed by atoms with van der Waals surface area (Å²) in [6.07, 6.45) is 0.192. The highest BCUT2D eigenvalue weighted by molar-refractivity contribution is 7.07. The molecular weight excluding hydrogens is 484 g/mol. The molecule has 3 aromatic carbocycles. The van der Waals surface area contributed by atoms with E-state index in [1.165, 1.54) is 11.3 Å². The van der Waals surface area contributed by atoms with Crippen LogP contribution in [0.1, 0.15) is 23.0 Å². The van der Waals surface area contributed by atoms with E-state index in [4.69, 9.17) is 11.6 Å². The number of halogens is 1. The van der Waals surface area contributed by atoms with Crippen LogP contribution in [0, 0.1) is 0 Å². The molecular formula is C26H23ClN4O3S. The highest BCUT2D eigenvalue weighted by Gasteiger charge is 2.26. The standard InChI is InChI=1S/C26H23ClN4O3S/c1-16(24(32)30-19-11-9-18(27)10-12-19)29-26(34)23(13-20-14-35-15-28-20)31-25(33)22-8-4-6-17-5-2-3-7-21(17)22/h2-12,14-16,23H,13H2,1H3,(H,29,34)(H,30,32)(H,31,33)/t16-,23-/m0/s1. The molecule has 3 N–H and O–H groups in total. The van der Waals surface area contributed by atoms with Crippen molar-refractivity contribution in [3.8, 4) is 0 Å². The Morgan fingerprint density at radius 2 is 1.69 bits per heavy atom. The summed E-state index contributed by atoms with van der Waals surface area (Å²) in [6, 6.07) is 17.9. The van der Waals surface area contributed by atoms with Crippen LogP contribution in [0.25, 0.3) is 10.8 Å². The van der Waals surface area contributed by atoms with Gasteiger partial charge in [0.2, 0.25) is 11.8 Å². The summed E-state index contributed by atoms with van der Waals surface area (Å²) in [6.45, 7) is 1.58. The van der Waals surface area contributed by atoms with E-state index in [1.807, 2.05) is 35.7 Å². The van der Waals surface area contributed by atoms with E-state index in [9.17, 15) is 14.4 Å². The van der Waals surface area contributed by atoms with Gasteiger partial charge in [-0.25, -0.2) is 4.98 Å². The van der Waals surface area contributed by atoms with Crippen LogP contribution in [0.2, 0.25) is 5.02 Å². The lowest BCUT2D eigenvalue weighted by molar-refractivity contribution is -0.127. The quantitative estimate of drug-likeness (QED) is 0.329. The smallest absolute Gasteiger partial charge is 0.252 e. The Bertz CT molecular complexity index is 1340. The van der Waals surface area contributed by atoms with Crippen LogP contribution in [0.15, 0.2) is 77.6 Å². The molecule has 9 heteroatoms. The second-order valence-electron chi connectivity index (χ2n) is 7.96. The zero-order valence-corrected chi connectivity index (χ0v) is 20.4. The summed E-state index contributed by atoms with van der Waals surface area (Å²) in [7, 11) is 0. The van der Waals surface area contributed by atoms with Crippen molar-refractivity contribution in [3.05, 3.63) is 93.9 Å². The second kappa shape index (κ2) is 11.1. The van der Waals surface area contributed by atoms with Gasteiger partial charge in [0, 0.05) is 28.1 Å². The number of aromatic nitrogens is 1. The highest BCUT2D eigenvalue weighted by atomic mass is 35.5. The number of anilines is 1. The number of nitrogens with one attached hydrogen (secondary N) is 3. The SMILES string of the molecule is C[C@H](NC(=O)[C@H](Cc1cscn1)NC(=O)c1cccc2ccccc12)C(=O)Nc1ccc(Cl)cc1. The second-order valence-corrected chi connectivity index (χ2v) is 9.12. The molecule has 0 saturated carbocycles. The van der Waals surface area contributed by atoms with Crippen molar-refractivity contribution in [3.63, 3.8) is 0 Å². The molecule has 7 nitrogen and oxygen atoms in total. The Hall–Kier alpha value is -3.75. The summed E-state index contributed by atoms with van der Waals surface area (Å²) in [5, 5.41) is 12.4. The van der Waals surface area contributed by atoms with E-state index in [2.05, 4.69) is 20.9 Å². The number of hydrogen-bond donors (Lipinski definition) is 3. The molecule has 3 amide bonds. The number of hydrogen-bond acceptors (Lipinski definition) is 5. The summed E-state index contributed by atoms with van der Waals surface area (Å²) in [5.41, 5.74) is 3.36. The van der Waals surface area contributed by atoms with E-state index in [1.54, 1.807) is 48.8 Å². The Balaban J connectivity index is 1.48. The first kappa shape index (κ1) is 24.4. The molecule has 0 aliphatic heterocycles. The van der Waals surface area contributed by atoms with Crippen molar-refractivity contribution in [1.82, 2.24) is 15.6 Å². The number of benzene rings is 3. The lowest BCUT2D eigenvalue weighted by atomic mass is 10.0. The topological polar surface area (TPSA) is 100 Å². The Morgan fingerprint density at radius 3 is 2.43 bits per heavy atom. The number of nitrogens with zero attached hydrogens (tertiary/aromatic N) is 1. The van der Waals surface area contributed by atoms with Crippen molar-refractivity contribution in [2.75, 3.05) is 5.32 Å². The lowest BCUT2D eigenvalue weighted by Crippen LogP contribution is -2.52. The van der Waals surface area contributed by atoms with Crippen molar-refractivity contribution in [2.24, 2.45) is 0 Å². The summed E-state index contributed by atoms with van der Waals surface area (Å²) < 4.78 is 0. The molecule has 2 atom stereocenters. The van der Waals surface area contributed by atoms with Crippen molar-refractivity contribution >= 4 is 57.1 Å². The lowest BCUT2D eigenvalue weighted by Gasteiger charge is -2.21. The van der Waals surface area contributed by atoms with Gasteiger partial charge in [0.15, 0.2) is 0 Å². The normalized spacial score (nSPS) is 12.5. The fourth-order valence-electron chi connectivity index (χ4n) is 3.58. The molecule has 0 radical (unpaired) electrons. The monoisotopic (exact) mass is 506 g/mol. The number of amides is 3. The van der Waals surface area contributed by atoms with Gasteiger partial charge in [-0.1, -0.05) is 48.0 Å². The molecule has 0 saturated heterocycles. The molecule has 178 valence electrons. The Kier molecular flexibility index (Phi) is 7.74. The molecule has 0 aliphatic rings. The molecule has 0 fully saturated rings. The minimum atomic E-state index is -0.922. The third-order valence-corrected chi connectivity index (χ3v) is 6.30. The predicted molar refractivity (Wildman–Crippen MR) is 139 cm³/mol. The Morgan fingerprint density at radius 1 is 0.943 bits per heavy atom. The van der Waals surface area contributed by atoms with Crippen LogP contribution in [0.4, 0.5) is 5.69 Å². The van der Waals surface area contributed by atoms with Crippen molar-refractivity contribution < 1.29 is 14.4 Å². The molecule has 4 rings (SSSR count). The van der Waals surface area contributed by atoms with Gasteiger partial charge in [-0.2, -0.15) is 0 Å². The number of carbonyl (C=O) groups is 3. The molecule has 4 aromatic rings. The van der Waals surface area contributed by atoms with E-state index >= 15 is 0 Å². The minimum absolute atomic E-state index is 0.192. The molecule has 1 heterocycles. The number of thiazole rings is 1. The van der Waals surface area contributed by atoms with E-state index < -0.39 is 23.9 Å². The number of fused-ring (bicyclic) bond motifs is 1. The molecule has 0 bridgehead atoms. The zero-order chi connectivity index (χ0) is 24.8. The Labute approximate surface area is 211 Å². The predicted octanol–water partition coefficient (Wildman–Crippen LogP) is 4.43. The van der Waals surface area contributed by atoms with Crippen LogP contribution in [0.5, 0.6) is 0 Å². The minimum Gasteiger partial charge on any atom is -0.343 e. The molecule has 0 aliphatic carbocycles. The first-order valence-electron chi connectivity index (χ1n) is 10.9. The largest absolute Gasteiger partial charge is 0.343 e. The zero-order valence-electron chi connectivity index (χ0n) is 18.8. The van der Waals surface area contributed by atoms with Gasteiger partial charge in [-0.3, -0.25) is 14.4 Å². The summed E-state index contributed by atoms with van der Waals surface area (Å²) in [4.78, 5) is 43.2. The van der Waals surface area contributed by atoms with Gasteiger partial charge in [0.05, 0.1) is 11.2 Å². The van der Waals surface area contributed by atoms with E-state index in [0.29, 0.717) is 22.0 Å². The van der Waals surface area contributed by atoms with E-state index in [0.717, 1.165) is 10.8 Å². The molecule has 35 heavy (non-hydrogen) atoms. The van der Waals surface area contributed by atoms with Gasteiger partial charge in [0.1, 0.15) is 12.1 Å². The first-order valence-corrected chi connectivity index (χ1v) is 12.3. The summed E-state index contributed by atoms with van der Waals surface area (Å²) in [5.74, 6) is -1.26. The van der Waals surface area contributed by atoms with Gasteiger partial charge in [0.25, 0.3) is 5.91 Å². The van der Waals surface area contributed by atoms with E-state index in [-0.39, 0.29) is 12.3 Å². The van der Waals surface area contributed by atoms with Crippen molar-refractivity contribution in [1.29, 1.82) is 0 Å². The maximum absolute atomic E-state index is 13.2. The van der Waals surface area contributed by atoms with Gasteiger partial charge < -0.3 is 16.0 Å². The van der Waals surface area contributed by atoms with Crippen LogP contribution < -0.4 is 16.0 Å². The molecule has 0 spiro atoms. The van der Waals surface area contributed by atoms with Crippen LogP contribution in [0.3, 0.4) is 0 Å². The van der Waals surface area contributed by atoms with Gasteiger partial charge in [-0.05, 0) is 48.0 Å². The van der Waals surface area contributed by atoms with Crippen LogP contribution in [-0.2, 0) is 16.0 Å². The maximum Gasteiger partial charge on any atom is 0.252 e. The summed E-state index contributed by atoms with van der Waals surface area (Å²) >= 11 is 7.28. The third kappa shape index (κ3) is 6.23. The average molecular weight is 507 g/mol. The molecule has 0 unspecified atom stereocenters. The number of carbonyl (C=O) groups excluding carboxylic acids is 3. The maximum atomic E-state index is 13.2. The van der Waals surface area contributed by atoms with Gasteiger partial charge in [-0.15, -0.1) is 11.3 Å². The van der Waals surface area contributed by atoms with Gasteiger partial charge >= 0.3 is 0 Å². The van der Waals surface area contributed by atoms with Crippen LogP contribution >= 0.6 is 22.9 Å². The fraction of sp³-hybridized carbons (Fsp3) is 0.154. The first-order chi connectivity index (χ1) is 16.9. The average Bonchev–Trinajstić information content (AvgIpc) is 3.37. The molecule has 1 aromatic heterocycles. The van der Waals surface area contributed by atoms with Crippen molar-refractivity contribution in [2.45, 2.75) is 25.4 Å². The number of rotatable bonds is 8. The fourth-order valence-corrected chi connectivity index (χ4v) is 4.28. The third-order valence-electron chi connectivity index (χ3n) is 5.42.